The molecule has 0 fully saturated rings. The number of hydrogen-bond acceptors (Lipinski definition) is 3. The van der Waals surface area contributed by atoms with Gasteiger partial charge in [0.15, 0.2) is 0 Å². The molecule has 1 aromatic rings. The largest absolute Gasteiger partial charge is 0.497 e. The van der Waals surface area contributed by atoms with Gasteiger partial charge in [0.1, 0.15) is 11.5 Å². The third kappa shape index (κ3) is 2.10. The molecule has 1 aromatic carbocycles. The molecule has 1 aliphatic rings. The van der Waals surface area contributed by atoms with Gasteiger partial charge in [-0.25, -0.2) is 0 Å². The van der Waals surface area contributed by atoms with Crippen molar-refractivity contribution in [3.05, 3.63) is 23.8 Å². The first-order valence-corrected chi connectivity index (χ1v) is 5.23. The molecular weight excluding hydrogens is 208 g/mol. The quantitative estimate of drug-likeness (QED) is 0.850. The first-order chi connectivity index (χ1) is 7.70. The fourth-order valence-electron chi connectivity index (χ4n) is 1.99. The van der Waals surface area contributed by atoms with Crippen LogP contribution in [0.1, 0.15) is 24.3 Å². The number of methoxy groups -OCH3 is 1. The Hall–Kier alpha value is -1.71. The molecule has 1 atom stereocenters. The molecule has 0 radical (unpaired) electrons. The molecule has 0 saturated heterocycles. The average Bonchev–Trinajstić information content (AvgIpc) is 2.28. The van der Waals surface area contributed by atoms with Crippen molar-refractivity contribution in [3.8, 4) is 11.5 Å². The van der Waals surface area contributed by atoms with E-state index >= 15 is 0 Å². The Balaban J connectivity index is 2.28. The Morgan fingerprint density at radius 1 is 1.62 bits per heavy atom. The smallest absolute Gasteiger partial charge is 0.303 e. The SMILES string of the molecule is COc1ccc2c(c1)OCCC2CC(=O)O. The van der Waals surface area contributed by atoms with E-state index < -0.39 is 5.97 Å². The zero-order valence-corrected chi connectivity index (χ0v) is 9.10. The monoisotopic (exact) mass is 222 g/mol. The summed E-state index contributed by atoms with van der Waals surface area (Å²) in [5, 5.41) is 8.83. The van der Waals surface area contributed by atoms with Crippen LogP contribution in [0.3, 0.4) is 0 Å². The van der Waals surface area contributed by atoms with Crippen molar-refractivity contribution in [1.82, 2.24) is 0 Å². The number of carbonyl (C=O) groups is 1. The zero-order valence-electron chi connectivity index (χ0n) is 9.10. The van der Waals surface area contributed by atoms with Gasteiger partial charge in [-0.1, -0.05) is 6.07 Å². The van der Waals surface area contributed by atoms with Crippen LogP contribution in [0.5, 0.6) is 11.5 Å². The van der Waals surface area contributed by atoms with E-state index in [1.54, 1.807) is 7.11 Å². The molecule has 1 aliphatic heterocycles. The van der Waals surface area contributed by atoms with Gasteiger partial charge in [0.2, 0.25) is 0 Å². The number of carboxylic acid groups (broad SMARTS) is 1. The van der Waals surface area contributed by atoms with Crippen LogP contribution < -0.4 is 9.47 Å². The lowest BCUT2D eigenvalue weighted by Crippen LogP contribution is -2.16. The maximum Gasteiger partial charge on any atom is 0.303 e. The third-order valence-corrected chi connectivity index (χ3v) is 2.81. The van der Waals surface area contributed by atoms with Gasteiger partial charge in [-0.05, 0) is 18.1 Å². The molecule has 0 aliphatic carbocycles. The number of aliphatic carboxylic acids is 1. The summed E-state index contributed by atoms with van der Waals surface area (Å²) in [6, 6.07) is 5.53. The molecule has 4 nitrogen and oxygen atoms in total. The van der Waals surface area contributed by atoms with Crippen LogP contribution in [-0.2, 0) is 4.79 Å². The first-order valence-electron chi connectivity index (χ1n) is 5.23. The van der Waals surface area contributed by atoms with Crippen molar-refractivity contribution in [1.29, 1.82) is 0 Å². The number of rotatable bonds is 3. The van der Waals surface area contributed by atoms with E-state index in [1.165, 1.54) is 0 Å². The highest BCUT2D eigenvalue weighted by Crippen LogP contribution is 2.37. The van der Waals surface area contributed by atoms with Gasteiger partial charge in [0, 0.05) is 12.0 Å². The summed E-state index contributed by atoms with van der Waals surface area (Å²) in [7, 11) is 1.60. The predicted molar refractivity (Wildman–Crippen MR) is 58.1 cm³/mol. The highest BCUT2D eigenvalue weighted by Gasteiger charge is 2.23. The third-order valence-electron chi connectivity index (χ3n) is 2.81. The topological polar surface area (TPSA) is 55.8 Å². The summed E-state index contributed by atoms with van der Waals surface area (Å²) >= 11 is 0. The highest BCUT2D eigenvalue weighted by atomic mass is 16.5. The van der Waals surface area contributed by atoms with E-state index in [2.05, 4.69) is 0 Å². The van der Waals surface area contributed by atoms with E-state index in [4.69, 9.17) is 14.6 Å². The van der Waals surface area contributed by atoms with E-state index in [9.17, 15) is 4.79 Å². The minimum Gasteiger partial charge on any atom is -0.497 e. The van der Waals surface area contributed by atoms with Gasteiger partial charge in [-0.3, -0.25) is 4.79 Å². The van der Waals surface area contributed by atoms with Gasteiger partial charge >= 0.3 is 5.97 Å². The van der Waals surface area contributed by atoms with E-state index in [-0.39, 0.29) is 12.3 Å². The van der Waals surface area contributed by atoms with E-state index in [0.29, 0.717) is 6.61 Å². The zero-order chi connectivity index (χ0) is 11.5. The number of fused-ring (bicyclic) bond motifs is 1. The van der Waals surface area contributed by atoms with Crippen LogP contribution in [0.25, 0.3) is 0 Å². The molecule has 0 saturated carbocycles. The van der Waals surface area contributed by atoms with Crippen molar-refractivity contribution in [2.45, 2.75) is 18.8 Å². The van der Waals surface area contributed by atoms with Crippen LogP contribution in [0.2, 0.25) is 0 Å². The van der Waals surface area contributed by atoms with Gasteiger partial charge in [0.05, 0.1) is 20.1 Å². The summed E-state index contributed by atoms with van der Waals surface area (Å²) in [4.78, 5) is 10.7. The molecule has 0 spiro atoms. The van der Waals surface area contributed by atoms with Crippen LogP contribution in [0.15, 0.2) is 18.2 Å². The van der Waals surface area contributed by atoms with Crippen molar-refractivity contribution in [2.75, 3.05) is 13.7 Å². The molecule has 1 N–H and O–H groups in total. The maximum atomic E-state index is 10.7. The van der Waals surface area contributed by atoms with Crippen molar-refractivity contribution in [2.24, 2.45) is 0 Å². The average molecular weight is 222 g/mol. The fourth-order valence-corrected chi connectivity index (χ4v) is 1.99. The normalized spacial score (nSPS) is 18.4. The molecule has 4 heteroatoms. The summed E-state index contributed by atoms with van der Waals surface area (Å²) in [6.07, 6.45) is 0.911. The minimum atomic E-state index is -0.770. The van der Waals surface area contributed by atoms with Crippen LogP contribution >= 0.6 is 0 Å². The lowest BCUT2D eigenvalue weighted by molar-refractivity contribution is -0.137. The fraction of sp³-hybridized carbons (Fsp3) is 0.417. The van der Waals surface area contributed by atoms with Gasteiger partial charge in [-0.15, -0.1) is 0 Å². The molecule has 0 bridgehead atoms. The van der Waals surface area contributed by atoms with Crippen molar-refractivity contribution in [3.63, 3.8) is 0 Å². The summed E-state index contributed by atoms with van der Waals surface area (Å²) in [5.74, 6) is 0.757. The highest BCUT2D eigenvalue weighted by molar-refractivity contribution is 5.68. The lowest BCUT2D eigenvalue weighted by Gasteiger charge is -2.25. The summed E-state index contributed by atoms with van der Waals surface area (Å²) < 4.78 is 10.6. The number of hydrogen-bond donors (Lipinski definition) is 1. The molecule has 1 unspecified atom stereocenters. The number of ether oxygens (including phenoxy) is 2. The second-order valence-corrected chi connectivity index (χ2v) is 3.84. The maximum absolute atomic E-state index is 10.7. The Morgan fingerprint density at radius 3 is 3.12 bits per heavy atom. The second kappa shape index (κ2) is 4.43. The second-order valence-electron chi connectivity index (χ2n) is 3.84. The molecule has 0 aromatic heterocycles. The molecule has 86 valence electrons. The lowest BCUT2D eigenvalue weighted by atomic mass is 9.90. The predicted octanol–water partition coefficient (Wildman–Crippen LogP) is 2.04. The van der Waals surface area contributed by atoms with E-state index in [0.717, 1.165) is 23.5 Å². The molecule has 0 amide bonds. The number of benzene rings is 1. The van der Waals surface area contributed by atoms with Crippen LogP contribution in [-0.4, -0.2) is 24.8 Å². The van der Waals surface area contributed by atoms with Crippen molar-refractivity contribution < 1.29 is 19.4 Å². The van der Waals surface area contributed by atoms with Gasteiger partial charge in [0.25, 0.3) is 0 Å². The Kier molecular flexibility index (Phi) is 2.99. The first kappa shape index (κ1) is 10.8. The van der Waals surface area contributed by atoms with Crippen LogP contribution in [0.4, 0.5) is 0 Å². The Morgan fingerprint density at radius 2 is 2.44 bits per heavy atom. The molecule has 2 rings (SSSR count). The minimum absolute atomic E-state index is 0.0483. The van der Waals surface area contributed by atoms with E-state index in [1.807, 2.05) is 18.2 Å². The standard InChI is InChI=1S/C12H14O4/c1-15-9-2-3-10-8(6-12(13)14)4-5-16-11(10)7-9/h2-3,7-8H,4-6H2,1H3,(H,13,14). The van der Waals surface area contributed by atoms with Crippen molar-refractivity contribution >= 4 is 5.97 Å². The van der Waals surface area contributed by atoms with Gasteiger partial charge in [-0.2, -0.15) is 0 Å². The molecular formula is C12H14O4. The molecule has 16 heavy (non-hydrogen) atoms. The summed E-state index contributed by atoms with van der Waals surface area (Å²) in [6.45, 7) is 0.568. The Labute approximate surface area is 93.8 Å². The Bertz CT molecular complexity index is 400. The summed E-state index contributed by atoms with van der Waals surface area (Å²) in [5.41, 5.74) is 0.967. The van der Waals surface area contributed by atoms with Gasteiger partial charge < -0.3 is 14.6 Å². The van der Waals surface area contributed by atoms with Crippen LogP contribution in [0, 0.1) is 0 Å². The molecule has 1 heterocycles. The number of carboxylic acids is 1.